The highest BCUT2D eigenvalue weighted by Crippen LogP contribution is 2.21. The normalized spacial score (nSPS) is 16.7. The summed E-state index contributed by atoms with van der Waals surface area (Å²) < 4.78 is 1.48. The molecule has 1 unspecified atom stereocenters. The fraction of sp³-hybridized carbons (Fsp3) is 0.167. The number of aromatic nitrogens is 4. The van der Waals surface area contributed by atoms with Crippen molar-refractivity contribution >= 4 is 17.5 Å². The molecule has 0 saturated carbocycles. The van der Waals surface area contributed by atoms with E-state index in [1.807, 2.05) is 30.3 Å². The number of hydrogen-bond donors (Lipinski definition) is 1. The summed E-state index contributed by atoms with van der Waals surface area (Å²) in [6, 6.07) is 12.5. The maximum atomic E-state index is 12.6. The van der Waals surface area contributed by atoms with E-state index in [2.05, 4.69) is 20.4 Å². The zero-order chi connectivity index (χ0) is 17.9. The van der Waals surface area contributed by atoms with Crippen LogP contribution in [0, 0.1) is 0 Å². The molecule has 2 amide bonds. The summed E-state index contributed by atoms with van der Waals surface area (Å²) in [6.07, 6.45) is 4.73. The van der Waals surface area contributed by atoms with E-state index < -0.39 is 0 Å². The Morgan fingerprint density at radius 3 is 2.81 bits per heavy atom. The summed E-state index contributed by atoms with van der Waals surface area (Å²) in [7, 11) is 0. The molecular weight excluding hydrogens is 332 g/mol. The number of para-hydroxylation sites is 1. The molecule has 1 fully saturated rings. The Morgan fingerprint density at radius 1 is 1.19 bits per heavy atom. The van der Waals surface area contributed by atoms with E-state index in [9.17, 15) is 9.59 Å². The first kappa shape index (κ1) is 15.9. The van der Waals surface area contributed by atoms with Gasteiger partial charge in [0.15, 0.2) is 5.82 Å². The van der Waals surface area contributed by atoms with Crippen LogP contribution in [0.2, 0.25) is 0 Å². The van der Waals surface area contributed by atoms with E-state index in [1.54, 1.807) is 23.2 Å². The van der Waals surface area contributed by atoms with Crippen LogP contribution in [0.5, 0.6) is 0 Å². The molecule has 3 aromatic rings. The molecule has 1 saturated heterocycles. The maximum Gasteiger partial charge on any atom is 0.251 e. The van der Waals surface area contributed by atoms with Crippen molar-refractivity contribution in [1.29, 1.82) is 0 Å². The molecule has 4 rings (SSSR count). The monoisotopic (exact) mass is 348 g/mol. The second-order valence-corrected chi connectivity index (χ2v) is 5.96. The molecule has 0 bridgehead atoms. The first-order valence-electron chi connectivity index (χ1n) is 8.18. The van der Waals surface area contributed by atoms with Crippen LogP contribution in [0.4, 0.5) is 5.69 Å². The number of pyridine rings is 1. The molecule has 0 spiro atoms. The van der Waals surface area contributed by atoms with Crippen LogP contribution in [0.3, 0.4) is 0 Å². The highest BCUT2D eigenvalue weighted by atomic mass is 16.2. The van der Waals surface area contributed by atoms with Crippen molar-refractivity contribution in [3.8, 4) is 5.82 Å². The van der Waals surface area contributed by atoms with Gasteiger partial charge in [0, 0.05) is 30.4 Å². The van der Waals surface area contributed by atoms with Crippen molar-refractivity contribution in [2.75, 3.05) is 11.4 Å². The molecule has 0 aliphatic carbocycles. The lowest BCUT2D eigenvalue weighted by Gasteiger charge is -2.17. The summed E-state index contributed by atoms with van der Waals surface area (Å²) >= 11 is 0. The molecule has 2 aromatic heterocycles. The van der Waals surface area contributed by atoms with Crippen LogP contribution in [0.1, 0.15) is 16.8 Å². The fourth-order valence-electron chi connectivity index (χ4n) is 2.94. The Kier molecular flexibility index (Phi) is 4.14. The van der Waals surface area contributed by atoms with Crippen LogP contribution < -0.4 is 10.2 Å². The van der Waals surface area contributed by atoms with Gasteiger partial charge in [-0.05, 0) is 24.3 Å². The van der Waals surface area contributed by atoms with Crippen molar-refractivity contribution in [1.82, 2.24) is 25.1 Å². The third-order valence-electron chi connectivity index (χ3n) is 4.19. The number of anilines is 1. The topological polar surface area (TPSA) is 93.0 Å². The van der Waals surface area contributed by atoms with Gasteiger partial charge in [0.25, 0.3) is 5.91 Å². The Balaban J connectivity index is 1.46. The predicted octanol–water partition coefficient (Wildman–Crippen LogP) is 1.20. The van der Waals surface area contributed by atoms with Crippen molar-refractivity contribution in [3.05, 3.63) is 66.9 Å². The molecule has 1 aliphatic heterocycles. The number of carbonyl (C=O) groups excluding carboxylic acids is 2. The minimum absolute atomic E-state index is 0.000433. The minimum atomic E-state index is -0.249. The summed E-state index contributed by atoms with van der Waals surface area (Å²) in [6.45, 7) is 0.454. The molecule has 1 atom stereocenters. The molecule has 1 aliphatic rings. The molecule has 1 aromatic carbocycles. The number of hydrogen-bond acceptors (Lipinski definition) is 5. The van der Waals surface area contributed by atoms with Crippen molar-refractivity contribution in [3.63, 3.8) is 0 Å². The summed E-state index contributed by atoms with van der Waals surface area (Å²) in [5, 5.41) is 6.93. The van der Waals surface area contributed by atoms with E-state index in [1.165, 1.54) is 17.3 Å². The van der Waals surface area contributed by atoms with Crippen molar-refractivity contribution in [2.45, 2.75) is 12.5 Å². The van der Waals surface area contributed by atoms with Gasteiger partial charge in [0.1, 0.15) is 12.7 Å². The SMILES string of the molecule is O=C(NC1CC(=O)N(c2ccccc2)C1)c1ccnc(-n2cncn2)c1. The minimum Gasteiger partial charge on any atom is -0.347 e. The maximum absolute atomic E-state index is 12.6. The van der Waals surface area contributed by atoms with Crippen molar-refractivity contribution in [2.24, 2.45) is 0 Å². The Hall–Kier alpha value is -3.55. The second kappa shape index (κ2) is 6.75. The van der Waals surface area contributed by atoms with Gasteiger partial charge < -0.3 is 10.2 Å². The molecule has 130 valence electrons. The van der Waals surface area contributed by atoms with Crippen molar-refractivity contribution < 1.29 is 9.59 Å². The lowest BCUT2D eigenvalue weighted by atomic mass is 10.2. The van der Waals surface area contributed by atoms with E-state index in [0.717, 1.165) is 5.69 Å². The third-order valence-corrected chi connectivity index (χ3v) is 4.19. The number of nitrogens with one attached hydrogen (secondary N) is 1. The smallest absolute Gasteiger partial charge is 0.251 e. The van der Waals surface area contributed by atoms with Gasteiger partial charge in [-0.3, -0.25) is 9.59 Å². The van der Waals surface area contributed by atoms with Gasteiger partial charge >= 0.3 is 0 Å². The van der Waals surface area contributed by atoms with Crippen LogP contribution in [0.15, 0.2) is 61.3 Å². The quantitative estimate of drug-likeness (QED) is 0.765. The largest absolute Gasteiger partial charge is 0.347 e. The Morgan fingerprint density at radius 2 is 2.04 bits per heavy atom. The molecule has 1 N–H and O–H groups in total. The van der Waals surface area contributed by atoms with Gasteiger partial charge in [-0.2, -0.15) is 5.10 Å². The average Bonchev–Trinajstić information content (AvgIpc) is 3.32. The number of benzene rings is 1. The molecule has 8 nitrogen and oxygen atoms in total. The zero-order valence-electron chi connectivity index (χ0n) is 13.8. The van der Waals surface area contributed by atoms with Gasteiger partial charge in [0.2, 0.25) is 5.91 Å². The highest BCUT2D eigenvalue weighted by molar-refractivity contribution is 5.99. The molecule has 26 heavy (non-hydrogen) atoms. The van der Waals surface area contributed by atoms with Gasteiger partial charge in [-0.25, -0.2) is 14.6 Å². The third kappa shape index (κ3) is 3.16. The number of amides is 2. The predicted molar refractivity (Wildman–Crippen MR) is 93.8 cm³/mol. The van der Waals surface area contributed by atoms with E-state index in [4.69, 9.17) is 0 Å². The number of carbonyl (C=O) groups is 2. The Bertz CT molecular complexity index is 926. The second-order valence-electron chi connectivity index (χ2n) is 5.96. The standard InChI is InChI=1S/C18H16N6O2/c25-17-9-14(10-23(17)15-4-2-1-3-5-15)22-18(26)13-6-7-20-16(8-13)24-12-19-11-21-24/h1-8,11-12,14H,9-10H2,(H,22,26). The summed E-state index contributed by atoms with van der Waals surface area (Å²) in [5.74, 6) is 0.254. The van der Waals surface area contributed by atoms with Gasteiger partial charge in [0.05, 0.1) is 6.04 Å². The van der Waals surface area contributed by atoms with E-state index in [-0.39, 0.29) is 24.3 Å². The van der Waals surface area contributed by atoms with Crippen LogP contribution in [-0.2, 0) is 4.79 Å². The van der Waals surface area contributed by atoms with Gasteiger partial charge in [-0.1, -0.05) is 18.2 Å². The number of nitrogens with zero attached hydrogens (tertiary/aromatic N) is 5. The first-order valence-corrected chi connectivity index (χ1v) is 8.18. The number of rotatable bonds is 4. The molecular formula is C18H16N6O2. The van der Waals surface area contributed by atoms with Crippen LogP contribution >= 0.6 is 0 Å². The fourth-order valence-corrected chi connectivity index (χ4v) is 2.94. The summed E-state index contributed by atoms with van der Waals surface area (Å²) in [4.78, 5) is 34.6. The van der Waals surface area contributed by atoms with E-state index >= 15 is 0 Å². The van der Waals surface area contributed by atoms with E-state index in [0.29, 0.717) is 17.9 Å². The first-order chi connectivity index (χ1) is 12.7. The zero-order valence-corrected chi connectivity index (χ0v) is 13.8. The van der Waals surface area contributed by atoms with Crippen LogP contribution in [0.25, 0.3) is 5.82 Å². The highest BCUT2D eigenvalue weighted by Gasteiger charge is 2.31. The molecule has 3 heterocycles. The lowest BCUT2D eigenvalue weighted by Crippen LogP contribution is -2.37. The average molecular weight is 348 g/mol. The molecule has 0 radical (unpaired) electrons. The van der Waals surface area contributed by atoms with Crippen LogP contribution in [-0.4, -0.2) is 44.1 Å². The summed E-state index contributed by atoms with van der Waals surface area (Å²) in [5.41, 5.74) is 1.29. The van der Waals surface area contributed by atoms with Gasteiger partial charge in [-0.15, -0.1) is 0 Å². The Labute approximate surface area is 149 Å². The lowest BCUT2D eigenvalue weighted by molar-refractivity contribution is -0.117. The molecule has 8 heteroatoms.